The standard InChI is InChI=1S/C18H15N5O3/c19-16-8-9-20-17(22-16)11-21-14-7-6-13(10-15(14)23(25)26)18(24)12-4-2-1-3-5-12/h1-10,21H,11H2,(H2,19,20,22). The fourth-order valence-corrected chi connectivity index (χ4v) is 2.40. The van der Waals surface area contributed by atoms with Crippen LogP contribution in [-0.4, -0.2) is 20.7 Å². The molecule has 1 aromatic heterocycles. The van der Waals surface area contributed by atoms with Crippen molar-refractivity contribution >= 4 is 23.0 Å². The lowest BCUT2D eigenvalue weighted by Crippen LogP contribution is -2.08. The minimum atomic E-state index is -0.537. The van der Waals surface area contributed by atoms with Crippen LogP contribution in [0.2, 0.25) is 0 Å². The second-order valence-electron chi connectivity index (χ2n) is 5.44. The van der Waals surface area contributed by atoms with Gasteiger partial charge in [0.1, 0.15) is 17.3 Å². The first-order valence-electron chi connectivity index (χ1n) is 7.74. The van der Waals surface area contributed by atoms with E-state index < -0.39 is 4.92 Å². The molecule has 1 heterocycles. The van der Waals surface area contributed by atoms with Crippen LogP contribution in [0.15, 0.2) is 60.8 Å². The summed E-state index contributed by atoms with van der Waals surface area (Å²) < 4.78 is 0. The van der Waals surface area contributed by atoms with Gasteiger partial charge in [0.15, 0.2) is 5.78 Å². The van der Waals surface area contributed by atoms with Crippen LogP contribution in [0.1, 0.15) is 21.7 Å². The van der Waals surface area contributed by atoms with Crippen molar-refractivity contribution in [2.45, 2.75) is 6.54 Å². The molecule has 0 atom stereocenters. The Bertz CT molecular complexity index is 960. The van der Waals surface area contributed by atoms with Crippen LogP contribution in [0.25, 0.3) is 0 Å². The topological polar surface area (TPSA) is 124 Å². The van der Waals surface area contributed by atoms with Crippen molar-refractivity contribution in [3.05, 3.63) is 87.9 Å². The summed E-state index contributed by atoms with van der Waals surface area (Å²) in [5.41, 5.74) is 6.37. The Balaban J connectivity index is 1.85. The Morgan fingerprint density at radius 2 is 1.88 bits per heavy atom. The van der Waals surface area contributed by atoms with Gasteiger partial charge in [0.05, 0.1) is 11.5 Å². The molecule has 0 fully saturated rings. The van der Waals surface area contributed by atoms with E-state index in [1.807, 2.05) is 0 Å². The minimum Gasteiger partial charge on any atom is -0.384 e. The summed E-state index contributed by atoms with van der Waals surface area (Å²) in [5, 5.41) is 14.3. The van der Waals surface area contributed by atoms with Crippen molar-refractivity contribution in [2.24, 2.45) is 0 Å². The lowest BCUT2D eigenvalue weighted by atomic mass is 10.0. The van der Waals surface area contributed by atoms with Crippen molar-refractivity contribution in [3.63, 3.8) is 0 Å². The molecule has 0 aliphatic carbocycles. The summed E-state index contributed by atoms with van der Waals surface area (Å²) in [4.78, 5) is 31.4. The predicted molar refractivity (Wildman–Crippen MR) is 96.7 cm³/mol. The normalized spacial score (nSPS) is 10.3. The quantitative estimate of drug-likeness (QED) is 0.398. The summed E-state index contributed by atoms with van der Waals surface area (Å²) in [7, 11) is 0. The number of aromatic nitrogens is 2. The molecule has 0 aliphatic rings. The lowest BCUT2D eigenvalue weighted by Gasteiger charge is -2.08. The Morgan fingerprint density at radius 3 is 2.58 bits per heavy atom. The molecular formula is C18H15N5O3. The maximum Gasteiger partial charge on any atom is 0.293 e. The van der Waals surface area contributed by atoms with E-state index in [2.05, 4.69) is 15.3 Å². The molecule has 3 aromatic rings. The number of nitro groups is 1. The highest BCUT2D eigenvalue weighted by Crippen LogP contribution is 2.27. The zero-order valence-corrected chi connectivity index (χ0v) is 13.6. The average Bonchev–Trinajstić information content (AvgIpc) is 2.66. The molecule has 130 valence electrons. The maximum atomic E-state index is 12.5. The Hall–Kier alpha value is -3.81. The van der Waals surface area contributed by atoms with Gasteiger partial charge in [-0.3, -0.25) is 14.9 Å². The number of anilines is 2. The van der Waals surface area contributed by atoms with Crippen LogP contribution in [-0.2, 0) is 6.54 Å². The molecule has 0 unspecified atom stereocenters. The van der Waals surface area contributed by atoms with Crippen LogP contribution in [0.5, 0.6) is 0 Å². The fraction of sp³-hybridized carbons (Fsp3) is 0.0556. The molecule has 0 radical (unpaired) electrons. The first kappa shape index (κ1) is 17.0. The highest BCUT2D eigenvalue weighted by Gasteiger charge is 2.18. The Kier molecular flexibility index (Phi) is 4.84. The van der Waals surface area contributed by atoms with E-state index in [0.29, 0.717) is 17.2 Å². The number of benzene rings is 2. The van der Waals surface area contributed by atoms with Crippen molar-refractivity contribution in [1.82, 2.24) is 9.97 Å². The van der Waals surface area contributed by atoms with Gasteiger partial charge in [-0.25, -0.2) is 9.97 Å². The fourth-order valence-electron chi connectivity index (χ4n) is 2.40. The van der Waals surface area contributed by atoms with E-state index in [4.69, 9.17) is 5.73 Å². The first-order valence-corrected chi connectivity index (χ1v) is 7.74. The van der Waals surface area contributed by atoms with Crippen LogP contribution in [0.4, 0.5) is 17.2 Å². The highest BCUT2D eigenvalue weighted by atomic mass is 16.6. The molecule has 2 aromatic carbocycles. The third-order valence-electron chi connectivity index (χ3n) is 3.66. The molecule has 0 spiro atoms. The number of hydrogen-bond acceptors (Lipinski definition) is 7. The second kappa shape index (κ2) is 7.39. The van der Waals surface area contributed by atoms with Gasteiger partial charge in [-0.2, -0.15) is 0 Å². The van der Waals surface area contributed by atoms with Gasteiger partial charge in [-0.15, -0.1) is 0 Å². The summed E-state index contributed by atoms with van der Waals surface area (Å²) in [6, 6.07) is 14.5. The largest absolute Gasteiger partial charge is 0.384 e. The Labute approximate surface area is 148 Å². The van der Waals surface area contributed by atoms with E-state index in [1.165, 1.54) is 18.3 Å². The van der Waals surface area contributed by atoms with Gasteiger partial charge in [0.2, 0.25) is 0 Å². The van der Waals surface area contributed by atoms with Gasteiger partial charge in [0.25, 0.3) is 5.69 Å². The van der Waals surface area contributed by atoms with Crippen molar-refractivity contribution < 1.29 is 9.72 Å². The molecule has 8 heteroatoms. The molecule has 0 bridgehead atoms. The van der Waals surface area contributed by atoms with Crippen molar-refractivity contribution in [1.29, 1.82) is 0 Å². The molecule has 0 saturated heterocycles. The number of hydrogen-bond donors (Lipinski definition) is 2. The zero-order chi connectivity index (χ0) is 18.5. The van der Waals surface area contributed by atoms with E-state index in [9.17, 15) is 14.9 Å². The van der Waals surface area contributed by atoms with Gasteiger partial charge >= 0.3 is 0 Å². The molecule has 26 heavy (non-hydrogen) atoms. The SMILES string of the molecule is Nc1ccnc(CNc2ccc(C(=O)c3ccccc3)cc2[N+](=O)[O-])n1. The number of nitrogens with two attached hydrogens (primary N) is 1. The predicted octanol–water partition coefficient (Wildman–Crippen LogP) is 2.81. The van der Waals surface area contributed by atoms with Gasteiger partial charge in [-0.1, -0.05) is 30.3 Å². The monoisotopic (exact) mass is 349 g/mol. The van der Waals surface area contributed by atoms with E-state index in [1.54, 1.807) is 42.5 Å². The second-order valence-corrected chi connectivity index (χ2v) is 5.44. The summed E-state index contributed by atoms with van der Waals surface area (Å²) in [6.45, 7) is 0.165. The highest BCUT2D eigenvalue weighted by molar-refractivity contribution is 6.09. The smallest absolute Gasteiger partial charge is 0.293 e. The zero-order valence-electron chi connectivity index (χ0n) is 13.6. The third-order valence-corrected chi connectivity index (χ3v) is 3.66. The van der Waals surface area contributed by atoms with Crippen LogP contribution in [0.3, 0.4) is 0 Å². The summed E-state index contributed by atoms with van der Waals surface area (Å²) >= 11 is 0. The third kappa shape index (κ3) is 3.81. The van der Waals surface area contributed by atoms with Crippen LogP contribution < -0.4 is 11.1 Å². The van der Waals surface area contributed by atoms with Crippen molar-refractivity contribution in [2.75, 3.05) is 11.1 Å². The number of rotatable bonds is 6. The molecule has 3 N–H and O–H groups in total. The minimum absolute atomic E-state index is 0.165. The molecular weight excluding hydrogens is 334 g/mol. The van der Waals surface area contributed by atoms with Crippen LogP contribution in [0, 0.1) is 10.1 Å². The molecule has 0 saturated carbocycles. The van der Waals surface area contributed by atoms with Gasteiger partial charge in [-0.05, 0) is 18.2 Å². The number of carbonyl (C=O) groups is 1. The Morgan fingerprint density at radius 1 is 1.12 bits per heavy atom. The number of nitro benzene ring substituents is 1. The number of nitrogen functional groups attached to an aromatic ring is 1. The van der Waals surface area contributed by atoms with Crippen molar-refractivity contribution in [3.8, 4) is 0 Å². The van der Waals surface area contributed by atoms with E-state index in [-0.39, 0.29) is 29.3 Å². The van der Waals surface area contributed by atoms with Gasteiger partial charge < -0.3 is 11.1 Å². The van der Waals surface area contributed by atoms with E-state index in [0.717, 1.165) is 0 Å². The lowest BCUT2D eigenvalue weighted by molar-refractivity contribution is -0.384. The van der Waals surface area contributed by atoms with Crippen LogP contribution >= 0.6 is 0 Å². The molecule has 0 amide bonds. The number of nitrogens with one attached hydrogen (secondary N) is 1. The number of ketones is 1. The summed E-state index contributed by atoms with van der Waals surface area (Å²) in [5.74, 6) is 0.443. The molecule has 3 rings (SSSR count). The molecule has 0 aliphatic heterocycles. The number of carbonyl (C=O) groups excluding carboxylic acids is 1. The van der Waals surface area contributed by atoms with E-state index >= 15 is 0 Å². The van der Waals surface area contributed by atoms with Gasteiger partial charge in [0, 0.05) is 23.4 Å². The number of nitrogens with zero attached hydrogens (tertiary/aromatic N) is 3. The average molecular weight is 349 g/mol. The summed E-state index contributed by atoms with van der Waals surface area (Å²) in [6.07, 6.45) is 1.51. The maximum absolute atomic E-state index is 12.5. The first-order chi connectivity index (χ1) is 12.5. The molecule has 8 nitrogen and oxygen atoms in total.